The van der Waals surface area contributed by atoms with Gasteiger partial charge in [0.2, 0.25) is 11.7 Å². The van der Waals surface area contributed by atoms with E-state index in [0.29, 0.717) is 22.7 Å². The molecule has 0 saturated heterocycles. The van der Waals surface area contributed by atoms with Gasteiger partial charge in [0, 0.05) is 11.1 Å². The molecule has 25 heavy (non-hydrogen) atoms. The number of ether oxygens (including phenoxy) is 1. The smallest absolute Gasteiger partial charge is 0.252 e. The fourth-order valence-corrected chi connectivity index (χ4v) is 2.23. The molecule has 0 spiro atoms. The number of hydrogen-bond donors (Lipinski definition) is 1. The number of nitrogens with one attached hydrogen (secondary N) is 1. The van der Waals surface area contributed by atoms with Gasteiger partial charge >= 0.3 is 0 Å². The molecule has 0 unspecified atom stereocenters. The lowest BCUT2D eigenvalue weighted by molar-refractivity contribution is 0.0932. The van der Waals surface area contributed by atoms with E-state index in [-0.39, 0.29) is 17.6 Å². The average molecular weight is 341 g/mol. The third kappa shape index (κ3) is 3.82. The van der Waals surface area contributed by atoms with Crippen LogP contribution in [0.5, 0.6) is 5.75 Å². The van der Waals surface area contributed by atoms with Crippen molar-refractivity contribution in [2.45, 2.75) is 13.0 Å². The second kappa shape index (κ2) is 7.12. The lowest BCUT2D eigenvalue weighted by Gasteiger charge is -2.10. The molecule has 1 N–H and O–H groups in total. The van der Waals surface area contributed by atoms with E-state index in [1.54, 1.807) is 43.3 Å². The Bertz CT molecular complexity index is 877. The van der Waals surface area contributed by atoms with Crippen LogP contribution in [0.25, 0.3) is 11.4 Å². The molecule has 1 amide bonds. The molecule has 1 atom stereocenters. The first-order valence-electron chi connectivity index (χ1n) is 7.61. The average Bonchev–Trinajstić information content (AvgIpc) is 3.12. The summed E-state index contributed by atoms with van der Waals surface area (Å²) in [5.74, 6) is 0.559. The van der Waals surface area contributed by atoms with E-state index in [4.69, 9.17) is 9.26 Å². The third-order valence-electron chi connectivity index (χ3n) is 3.59. The maximum atomic E-state index is 13.0. The molecule has 0 aliphatic carbocycles. The van der Waals surface area contributed by atoms with Gasteiger partial charge in [0.25, 0.3) is 5.91 Å². The normalized spacial score (nSPS) is 11.8. The summed E-state index contributed by atoms with van der Waals surface area (Å²) in [4.78, 5) is 16.6. The highest BCUT2D eigenvalue weighted by Crippen LogP contribution is 2.20. The Balaban J connectivity index is 1.72. The van der Waals surface area contributed by atoms with Crippen molar-refractivity contribution in [2.75, 3.05) is 7.11 Å². The van der Waals surface area contributed by atoms with Crippen LogP contribution in [-0.4, -0.2) is 23.2 Å². The zero-order valence-electron chi connectivity index (χ0n) is 13.7. The molecule has 0 bridgehead atoms. The second-order valence-corrected chi connectivity index (χ2v) is 5.39. The Morgan fingerprint density at radius 3 is 2.72 bits per heavy atom. The van der Waals surface area contributed by atoms with Gasteiger partial charge in [-0.05, 0) is 49.4 Å². The summed E-state index contributed by atoms with van der Waals surface area (Å²) in [6, 6.07) is 12.1. The van der Waals surface area contributed by atoms with E-state index in [1.165, 1.54) is 19.2 Å². The van der Waals surface area contributed by atoms with Crippen LogP contribution < -0.4 is 10.1 Å². The topological polar surface area (TPSA) is 77.2 Å². The Kier molecular flexibility index (Phi) is 4.74. The number of aromatic nitrogens is 2. The molecule has 0 aliphatic heterocycles. The minimum Gasteiger partial charge on any atom is -0.497 e. The number of carbonyl (C=O) groups is 1. The predicted molar refractivity (Wildman–Crippen MR) is 88.6 cm³/mol. The quantitative estimate of drug-likeness (QED) is 0.770. The monoisotopic (exact) mass is 341 g/mol. The summed E-state index contributed by atoms with van der Waals surface area (Å²) in [7, 11) is 1.54. The maximum absolute atomic E-state index is 13.0. The maximum Gasteiger partial charge on any atom is 0.252 e. The number of carbonyl (C=O) groups excluding carboxylic acids is 1. The molecule has 0 aliphatic rings. The first kappa shape index (κ1) is 16.6. The molecule has 2 aromatic carbocycles. The molecule has 0 saturated carbocycles. The molecule has 0 radical (unpaired) electrons. The number of methoxy groups -OCH3 is 1. The van der Waals surface area contributed by atoms with Crippen LogP contribution in [0.15, 0.2) is 53.1 Å². The Morgan fingerprint density at radius 2 is 2.00 bits per heavy atom. The van der Waals surface area contributed by atoms with E-state index in [9.17, 15) is 9.18 Å². The van der Waals surface area contributed by atoms with Crippen molar-refractivity contribution in [1.29, 1.82) is 0 Å². The number of rotatable bonds is 5. The van der Waals surface area contributed by atoms with Gasteiger partial charge in [-0.15, -0.1) is 0 Å². The summed E-state index contributed by atoms with van der Waals surface area (Å²) in [5, 5.41) is 6.65. The number of halogens is 1. The Labute approximate surface area is 143 Å². The van der Waals surface area contributed by atoms with E-state index in [2.05, 4.69) is 15.5 Å². The zero-order chi connectivity index (χ0) is 17.8. The van der Waals surface area contributed by atoms with Crippen LogP contribution >= 0.6 is 0 Å². The molecular weight excluding hydrogens is 325 g/mol. The van der Waals surface area contributed by atoms with Crippen LogP contribution in [0, 0.1) is 5.82 Å². The Morgan fingerprint density at radius 1 is 1.24 bits per heavy atom. The molecular formula is C18H16FN3O3. The summed E-state index contributed by atoms with van der Waals surface area (Å²) < 4.78 is 23.3. The summed E-state index contributed by atoms with van der Waals surface area (Å²) in [6.07, 6.45) is 0. The minimum atomic E-state index is -0.486. The molecule has 1 heterocycles. The van der Waals surface area contributed by atoms with Crippen LogP contribution in [0.3, 0.4) is 0 Å². The van der Waals surface area contributed by atoms with Gasteiger partial charge in [0.1, 0.15) is 17.6 Å². The molecule has 3 rings (SSSR count). The number of hydrogen-bond acceptors (Lipinski definition) is 5. The first-order chi connectivity index (χ1) is 12.1. The molecule has 0 fully saturated rings. The van der Waals surface area contributed by atoms with Crippen molar-refractivity contribution in [1.82, 2.24) is 15.5 Å². The fourth-order valence-electron chi connectivity index (χ4n) is 2.23. The van der Waals surface area contributed by atoms with Crippen molar-refractivity contribution < 1.29 is 18.4 Å². The van der Waals surface area contributed by atoms with Crippen LogP contribution in [0.4, 0.5) is 4.39 Å². The van der Waals surface area contributed by atoms with Gasteiger partial charge in [-0.25, -0.2) is 4.39 Å². The number of amides is 1. The van der Waals surface area contributed by atoms with Crippen molar-refractivity contribution in [3.63, 3.8) is 0 Å². The van der Waals surface area contributed by atoms with Crippen LogP contribution in [-0.2, 0) is 0 Å². The largest absolute Gasteiger partial charge is 0.497 e. The number of benzene rings is 2. The highest BCUT2D eigenvalue weighted by atomic mass is 19.1. The summed E-state index contributed by atoms with van der Waals surface area (Å²) >= 11 is 0. The molecule has 3 aromatic rings. The predicted octanol–water partition coefficient (Wildman–Crippen LogP) is 3.38. The van der Waals surface area contributed by atoms with Crippen molar-refractivity contribution in [2.24, 2.45) is 0 Å². The standard InChI is InChI=1S/C18H16FN3O3/c1-11(20-17(23)13-4-3-5-15(10-13)24-2)18-21-16(22-25-18)12-6-8-14(19)9-7-12/h3-11H,1-2H3,(H,20,23)/t11-/m0/s1. The Hall–Kier alpha value is -3.22. The van der Waals surface area contributed by atoms with Crippen molar-refractivity contribution >= 4 is 5.91 Å². The van der Waals surface area contributed by atoms with E-state index in [0.717, 1.165) is 0 Å². The van der Waals surface area contributed by atoms with Gasteiger partial charge < -0.3 is 14.6 Å². The highest BCUT2D eigenvalue weighted by molar-refractivity contribution is 5.94. The lowest BCUT2D eigenvalue weighted by atomic mass is 10.2. The zero-order valence-corrected chi connectivity index (χ0v) is 13.7. The van der Waals surface area contributed by atoms with Crippen LogP contribution in [0.1, 0.15) is 29.2 Å². The van der Waals surface area contributed by atoms with E-state index in [1.807, 2.05) is 0 Å². The van der Waals surface area contributed by atoms with Crippen molar-refractivity contribution in [3.05, 3.63) is 65.8 Å². The molecule has 1 aromatic heterocycles. The van der Waals surface area contributed by atoms with E-state index < -0.39 is 6.04 Å². The van der Waals surface area contributed by atoms with Gasteiger partial charge in [-0.3, -0.25) is 4.79 Å². The molecule has 7 heteroatoms. The summed E-state index contributed by atoms with van der Waals surface area (Å²) in [5.41, 5.74) is 1.09. The third-order valence-corrected chi connectivity index (χ3v) is 3.59. The van der Waals surface area contributed by atoms with Crippen molar-refractivity contribution in [3.8, 4) is 17.1 Å². The van der Waals surface area contributed by atoms with Gasteiger partial charge in [-0.2, -0.15) is 4.98 Å². The van der Waals surface area contributed by atoms with Gasteiger partial charge in [0.05, 0.1) is 7.11 Å². The SMILES string of the molecule is COc1cccc(C(=O)N[C@@H](C)c2nc(-c3ccc(F)cc3)no2)c1. The summed E-state index contributed by atoms with van der Waals surface area (Å²) in [6.45, 7) is 1.74. The highest BCUT2D eigenvalue weighted by Gasteiger charge is 2.18. The second-order valence-electron chi connectivity index (χ2n) is 5.39. The number of nitrogens with zero attached hydrogens (tertiary/aromatic N) is 2. The van der Waals surface area contributed by atoms with Crippen LogP contribution in [0.2, 0.25) is 0 Å². The first-order valence-corrected chi connectivity index (χ1v) is 7.61. The molecule has 128 valence electrons. The molecule has 6 nitrogen and oxygen atoms in total. The van der Waals surface area contributed by atoms with Gasteiger partial charge in [0.15, 0.2) is 0 Å². The fraction of sp³-hybridized carbons (Fsp3) is 0.167. The van der Waals surface area contributed by atoms with E-state index >= 15 is 0 Å². The minimum absolute atomic E-state index is 0.260. The lowest BCUT2D eigenvalue weighted by Crippen LogP contribution is -2.26. The van der Waals surface area contributed by atoms with Gasteiger partial charge in [-0.1, -0.05) is 11.2 Å².